The van der Waals surface area contributed by atoms with Crippen LogP contribution >= 0.6 is 0 Å². The maximum atomic E-state index is 16.6. The van der Waals surface area contributed by atoms with Gasteiger partial charge in [-0.05, 0) is 80.5 Å². The topological polar surface area (TPSA) is 178 Å². The summed E-state index contributed by atoms with van der Waals surface area (Å²) < 4.78 is 25.3. The van der Waals surface area contributed by atoms with E-state index in [1.54, 1.807) is 28.7 Å². The van der Waals surface area contributed by atoms with Gasteiger partial charge in [-0.15, -0.1) is 0 Å². The fraction of sp³-hybridized carbons (Fsp3) is 0.458. The van der Waals surface area contributed by atoms with Crippen molar-refractivity contribution >= 4 is 40.3 Å². The highest BCUT2D eigenvalue weighted by molar-refractivity contribution is 6.06. The summed E-state index contributed by atoms with van der Waals surface area (Å²) in [5.74, 6) is 0.391. The second kappa shape index (κ2) is 17.5. The molecule has 0 bridgehead atoms. The number of phenols is 1. The molecular formula is C48H60FN10O5+. The summed E-state index contributed by atoms with van der Waals surface area (Å²) in [6.45, 7) is 12.2. The molecule has 5 aliphatic rings. The van der Waals surface area contributed by atoms with Crippen molar-refractivity contribution in [2.45, 2.75) is 90.1 Å². The number of piperidine rings is 2. The number of urea groups is 1. The first-order valence-electron chi connectivity index (χ1n) is 22.7. The first-order chi connectivity index (χ1) is 30.8. The van der Waals surface area contributed by atoms with Gasteiger partial charge < -0.3 is 34.8 Å². The van der Waals surface area contributed by atoms with E-state index in [1.165, 1.54) is 0 Å². The quantitative estimate of drug-likeness (QED) is 0.149. The minimum atomic E-state index is -1.38. The van der Waals surface area contributed by atoms with E-state index in [9.17, 15) is 19.5 Å². The van der Waals surface area contributed by atoms with E-state index in [2.05, 4.69) is 50.4 Å². The molecule has 9 rings (SSSR count). The third-order valence-corrected chi connectivity index (χ3v) is 13.8. The number of nitrogens with one attached hydrogen (secondary N) is 2. The van der Waals surface area contributed by atoms with Gasteiger partial charge in [0.25, 0.3) is 5.91 Å². The number of aromatic nitrogens is 2. The van der Waals surface area contributed by atoms with Crippen molar-refractivity contribution in [1.29, 1.82) is 0 Å². The first kappa shape index (κ1) is 43.3. The Kier molecular flexibility index (Phi) is 11.9. The van der Waals surface area contributed by atoms with Crippen molar-refractivity contribution in [2.24, 2.45) is 5.73 Å². The number of nitrogens with two attached hydrogens (primary N) is 2. The van der Waals surface area contributed by atoms with Gasteiger partial charge in [0.05, 0.1) is 29.2 Å². The van der Waals surface area contributed by atoms with E-state index in [-0.39, 0.29) is 42.2 Å². The molecule has 0 unspecified atom stereocenters. The SMILES string of the molecule is CCc1cn(C2CCN(CC3(F)CCN(C(=O)c4c(C)cc([C@@H]5CN(C6=C(N)N[NH2+]C(c7ccccc7O)=C6)C[C@H](C)O5)cc4C)CC3)CC2)c2ncc(N3CCC(=O)NC3=O)cc12. The monoisotopic (exact) mass is 875 g/mol. The van der Waals surface area contributed by atoms with Gasteiger partial charge in [-0.3, -0.25) is 19.8 Å². The number of alkyl halides is 1. The summed E-state index contributed by atoms with van der Waals surface area (Å²) in [4.78, 5) is 51.0. The molecule has 0 spiro atoms. The molecule has 338 valence electrons. The minimum absolute atomic E-state index is 0.0614. The fourth-order valence-electron chi connectivity index (χ4n) is 10.4. The van der Waals surface area contributed by atoms with E-state index in [4.69, 9.17) is 15.5 Å². The summed E-state index contributed by atoms with van der Waals surface area (Å²) in [6.07, 6.45) is 8.91. The van der Waals surface area contributed by atoms with Crippen molar-refractivity contribution < 1.29 is 34.0 Å². The molecular weight excluding hydrogens is 816 g/mol. The minimum Gasteiger partial charge on any atom is -0.507 e. The number of hydrogen-bond acceptors (Lipinski definition) is 10. The van der Waals surface area contributed by atoms with Gasteiger partial charge in [-0.1, -0.05) is 31.2 Å². The molecule has 15 nitrogen and oxygen atoms in total. The molecule has 0 radical (unpaired) electrons. The Labute approximate surface area is 373 Å². The number of aryl methyl sites for hydroxylation is 3. The van der Waals surface area contributed by atoms with Crippen molar-refractivity contribution in [2.75, 3.05) is 57.3 Å². The number of likely N-dealkylation sites (tertiary alicyclic amines) is 2. The molecule has 4 fully saturated rings. The molecule has 2 aromatic carbocycles. The smallest absolute Gasteiger partial charge is 0.328 e. The Morgan fingerprint density at radius 2 is 1.78 bits per heavy atom. The number of aromatic hydroxyl groups is 1. The van der Waals surface area contributed by atoms with Gasteiger partial charge in [-0.2, -0.15) is 0 Å². The molecule has 7 N–H and O–H groups in total. The second-order valence-corrected chi connectivity index (χ2v) is 18.3. The first-order valence-corrected chi connectivity index (χ1v) is 22.7. The average Bonchev–Trinajstić information content (AvgIpc) is 3.65. The molecule has 7 heterocycles. The highest BCUT2D eigenvalue weighted by Crippen LogP contribution is 2.36. The van der Waals surface area contributed by atoms with Crippen LogP contribution in [0.5, 0.6) is 5.75 Å². The molecule has 2 atom stereocenters. The maximum Gasteiger partial charge on any atom is 0.328 e. The number of amides is 4. The van der Waals surface area contributed by atoms with Crippen LogP contribution in [0.15, 0.2) is 72.5 Å². The zero-order valence-corrected chi connectivity index (χ0v) is 37.2. The number of phenolic OH excluding ortho intramolecular Hbond substituents is 1. The second-order valence-electron chi connectivity index (χ2n) is 18.3. The molecule has 4 amide bonds. The molecule has 4 saturated heterocycles. The number of fused-ring (bicyclic) bond motifs is 1. The molecule has 0 saturated carbocycles. The van der Waals surface area contributed by atoms with Gasteiger partial charge in [0, 0.05) is 101 Å². The maximum absolute atomic E-state index is 16.6. The normalized spacial score (nSPS) is 22.5. The number of carbonyl (C=O) groups excluding carboxylic acids is 3. The number of rotatable bonds is 9. The van der Waals surface area contributed by atoms with E-state index in [1.807, 2.05) is 49.9 Å². The summed E-state index contributed by atoms with van der Waals surface area (Å²) in [7, 11) is 0. The lowest BCUT2D eigenvalue weighted by atomic mass is 9.90. The van der Waals surface area contributed by atoms with Crippen molar-refractivity contribution in [3.8, 4) is 5.75 Å². The van der Waals surface area contributed by atoms with Gasteiger partial charge in [0.15, 0.2) is 11.5 Å². The standard InChI is InChI=1S/C48H59FN10O5/c1-5-32-26-59(45-37(32)22-35(24-51-45)58-17-12-42(61)52-47(58)63)34-10-15-55(16-11-34)28-48(49)13-18-56(19-14-48)46(62)43-29(2)20-33(21-30(43)3)41-27-57(25-31(4)64-41)39-23-38(53-54-44(39)50)36-8-6-7-9-40(36)60/h6-9,20-24,26,31,34,41,53-54,60H,5,10-19,25,27-28,50H2,1-4H3,(H,52,61,63)/p+1/t31-,41-/m0/s1. The number of halogens is 1. The molecule has 4 aromatic rings. The Morgan fingerprint density at radius 3 is 2.48 bits per heavy atom. The van der Waals surface area contributed by atoms with Crippen LogP contribution in [-0.2, 0) is 16.0 Å². The van der Waals surface area contributed by atoms with Gasteiger partial charge >= 0.3 is 6.03 Å². The Morgan fingerprint density at radius 1 is 1.05 bits per heavy atom. The number of ether oxygens (including phenoxy) is 1. The highest BCUT2D eigenvalue weighted by atomic mass is 19.1. The third-order valence-electron chi connectivity index (χ3n) is 13.8. The van der Waals surface area contributed by atoms with E-state index >= 15 is 4.39 Å². The van der Waals surface area contributed by atoms with Crippen LogP contribution in [0, 0.1) is 13.8 Å². The van der Waals surface area contributed by atoms with Crippen LogP contribution in [0.25, 0.3) is 16.7 Å². The number of hydrogen-bond donors (Lipinski definition) is 5. The number of anilines is 1. The number of para-hydroxylation sites is 1. The summed E-state index contributed by atoms with van der Waals surface area (Å²) in [6, 6.07) is 13.1. The van der Waals surface area contributed by atoms with E-state index < -0.39 is 11.7 Å². The van der Waals surface area contributed by atoms with Crippen LogP contribution in [0.2, 0.25) is 0 Å². The summed E-state index contributed by atoms with van der Waals surface area (Å²) in [5.41, 5.74) is 18.5. The Bertz CT molecular complexity index is 2520. The van der Waals surface area contributed by atoms with Crippen molar-refractivity contribution in [1.82, 2.24) is 35.0 Å². The number of nitrogens with zero attached hydrogens (tertiary/aromatic N) is 6. The number of morpholine rings is 1. The lowest BCUT2D eigenvalue weighted by molar-refractivity contribution is -0.619. The molecule has 64 heavy (non-hydrogen) atoms. The number of quaternary nitrogens is 1. The zero-order chi connectivity index (χ0) is 44.9. The van der Waals surface area contributed by atoms with Gasteiger partial charge in [-0.25, -0.2) is 25.0 Å². The lowest BCUT2D eigenvalue weighted by Gasteiger charge is -2.41. The summed E-state index contributed by atoms with van der Waals surface area (Å²) >= 11 is 0. The van der Waals surface area contributed by atoms with Gasteiger partial charge in [0.1, 0.15) is 23.2 Å². The van der Waals surface area contributed by atoms with E-state index in [0.717, 1.165) is 77.0 Å². The largest absolute Gasteiger partial charge is 0.507 e. The predicted octanol–water partition coefficient (Wildman–Crippen LogP) is 4.66. The number of carbonyl (C=O) groups is 3. The third kappa shape index (κ3) is 8.53. The van der Waals surface area contributed by atoms with Crippen LogP contribution in [-0.4, -0.2) is 111 Å². The molecule has 5 aliphatic heterocycles. The summed E-state index contributed by atoms with van der Waals surface area (Å²) in [5, 5.41) is 13.9. The van der Waals surface area contributed by atoms with E-state index in [0.29, 0.717) is 74.7 Å². The fourth-order valence-corrected chi connectivity index (χ4v) is 10.4. The molecule has 16 heteroatoms. The van der Waals surface area contributed by atoms with Gasteiger partial charge in [0.2, 0.25) is 5.91 Å². The molecule has 2 aromatic heterocycles. The predicted molar refractivity (Wildman–Crippen MR) is 241 cm³/mol. The Balaban J connectivity index is 0.805. The average molecular weight is 876 g/mol. The van der Waals surface area contributed by atoms with Crippen LogP contribution in [0.4, 0.5) is 14.9 Å². The number of benzene rings is 2. The van der Waals surface area contributed by atoms with Crippen LogP contribution in [0.3, 0.4) is 0 Å². The Hall–Kier alpha value is -5.97. The van der Waals surface area contributed by atoms with Crippen LogP contribution < -0.4 is 26.8 Å². The number of allylic oxidation sites excluding steroid dienone is 1. The lowest BCUT2D eigenvalue weighted by Crippen LogP contribution is -2.91. The number of pyridine rings is 1. The zero-order valence-electron chi connectivity index (χ0n) is 37.2. The molecule has 0 aliphatic carbocycles. The van der Waals surface area contributed by atoms with Crippen molar-refractivity contribution in [3.63, 3.8) is 0 Å². The highest BCUT2D eigenvalue weighted by Gasteiger charge is 2.40. The van der Waals surface area contributed by atoms with Crippen LogP contribution in [0.1, 0.15) is 96.3 Å². The van der Waals surface area contributed by atoms with Crippen molar-refractivity contribution in [3.05, 3.63) is 106 Å². The number of imide groups is 1.